The van der Waals surface area contributed by atoms with Gasteiger partial charge in [-0.05, 0) is 26.3 Å². The van der Waals surface area contributed by atoms with Crippen LogP contribution in [0.15, 0.2) is 11.3 Å². The Balaban J connectivity index is 2.46. The number of rotatable bonds is 2. The summed E-state index contributed by atoms with van der Waals surface area (Å²) in [7, 11) is 0. The normalized spacial score (nSPS) is 18.8. The second-order valence-electron chi connectivity index (χ2n) is 3.16. The highest BCUT2D eigenvalue weighted by Crippen LogP contribution is 2.05. The van der Waals surface area contributed by atoms with Gasteiger partial charge in [-0.2, -0.15) is 0 Å². The zero-order chi connectivity index (χ0) is 7.56. The van der Waals surface area contributed by atoms with Crippen molar-refractivity contribution in [1.29, 1.82) is 0 Å². The molecule has 0 radical (unpaired) electrons. The predicted molar refractivity (Wildman–Crippen MR) is 43.8 cm³/mol. The third-order valence-electron chi connectivity index (χ3n) is 1.67. The summed E-state index contributed by atoms with van der Waals surface area (Å²) in [6.45, 7) is 8.57. The maximum absolute atomic E-state index is 3.41. The highest BCUT2D eigenvalue weighted by Gasteiger charge is 2.09. The highest BCUT2D eigenvalue weighted by molar-refractivity contribution is 5.18. The molecule has 0 spiro atoms. The summed E-state index contributed by atoms with van der Waals surface area (Å²) in [6.07, 6.45) is 0. The second-order valence-corrected chi connectivity index (χ2v) is 3.16. The molecule has 0 aromatic rings. The van der Waals surface area contributed by atoms with E-state index < -0.39 is 0 Å². The molecule has 0 aromatic heterocycles. The quantitative estimate of drug-likeness (QED) is 0.594. The molecule has 0 fully saturated rings. The molecule has 2 nitrogen and oxygen atoms in total. The Bertz CT molecular complexity index is 147. The molecule has 1 aliphatic rings. The average Bonchev–Trinajstić information content (AvgIpc) is 2.15. The van der Waals surface area contributed by atoms with Crippen LogP contribution >= 0.6 is 0 Å². The molecule has 2 N–H and O–H groups in total. The average molecular weight is 140 g/mol. The third kappa shape index (κ3) is 1.74. The third-order valence-corrected chi connectivity index (χ3v) is 1.67. The molecule has 0 bridgehead atoms. The minimum atomic E-state index is 0.560. The van der Waals surface area contributed by atoms with E-state index in [0.29, 0.717) is 6.04 Å². The molecule has 1 aliphatic heterocycles. The Morgan fingerprint density at radius 1 is 1.40 bits per heavy atom. The van der Waals surface area contributed by atoms with E-state index in [1.165, 1.54) is 11.3 Å². The molecule has 1 heterocycles. The largest absolute Gasteiger partial charge is 0.385 e. The van der Waals surface area contributed by atoms with E-state index in [1.807, 2.05) is 0 Å². The van der Waals surface area contributed by atoms with Crippen molar-refractivity contribution in [3.05, 3.63) is 11.3 Å². The highest BCUT2D eigenvalue weighted by atomic mass is 15.0. The standard InChI is InChI=1S/C8H16N2/c1-6(2)10-8-5-9-4-7(8)3/h6,9-10H,4-5H2,1-3H3. The van der Waals surface area contributed by atoms with E-state index in [2.05, 4.69) is 31.4 Å². The maximum Gasteiger partial charge on any atom is 0.0356 e. The fourth-order valence-electron chi connectivity index (χ4n) is 1.16. The Morgan fingerprint density at radius 3 is 2.50 bits per heavy atom. The lowest BCUT2D eigenvalue weighted by atomic mass is 10.2. The minimum Gasteiger partial charge on any atom is -0.385 e. The zero-order valence-electron chi connectivity index (χ0n) is 6.99. The lowest BCUT2D eigenvalue weighted by molar-refractivity contribution is 0.653. The Hall–Kier alpha value is -0.500. The van der Waals surface area contributed by atoms with Crippen molar-refractivity contribution in [3.8, 4) is 0 Å². The van der Waals surface area contributed by atoms with E-state index in [0.717, 1.165) is 13.1 Å². The van der Waals surface area contributed by atoms with Crippen LogP contribution in [0.1, 0.15) is 20.8 Å². The smallest absolute Gasteiger partial charge is 0.0356 e. The number of nitrogens with one attached hydrogen (secondary N) is 2. The first-order valence-corrected chi connectivity index (χ1v) is 3.86. The minimum absolute atomic E-state index is 0.560. The Labute approximate surface area is 62.7 Å². The van der Waals surface area contributed by atoms with Crippen molar-refractivity contribution in [2.24, 2.45) is 0 Å². The van der Waals surface area contributed by atoms with E-state index in [4.69, 9.17) is 0 Å². The number of hydrogen-bond acceptors (Lipinski definition) is 2. The van der Waals surface area contributed by atoms with Gasteiger partial charge in [-0.3, -0.25) is 0 Å². The van der Waals surface area contributed by atoms with Gasteiger partial charge in [-0.1, -0.05) is 0 Å². The molecule has 0 unspecified atom stereocenters. The fourth-order valence-corrected chi connectivity index (χ4v) is 1.16. The Kier molecular flexibility index (Phi) is 2.33. The van der Waals surface area contributed by atoms with Crippen molar-refractivity contribution in [2.45, 2.75) is 26.8 Å². The summed E-state index contributed by atoms with van der Waals surface area (Å²) in [4.78, 5) is 0. The first kappa shape index (κ1) is 7.61. The summed E-state index contributed by atoms with van der Waals surface area (Å²) >= 11 is 0. The molecule has 10 heavy (non-hydrogen) atoms. The van der Waals surface area contributed by atoms with Crippen LogP contribution < -0.4 is 10.6 Å². The van der Waals surface area contributed by atoms with E-state index in [1.54, 1.807) is 0 Å². The first-order chi connectivity index (χ1) is 4.70. The molecular formula is C8H16N2. The van der Waals surface area contributed by atoms with Gasteiger partial charge >= 0.3 is 0 Å². The van der Waals surface area contributed by atoms with Crippen molar-refractivity contribution in [3.63, 3.8) is 0 Å². The molecule has 0 aliphatic carbocycles. The first-order valence-electron chi connectivity index (χ1n) is 3.86. The lowest BCUT2D eigenvalue weighted by Crippen LogP contribution is -2.25. The molecule has 0 amide bonds. The van der Waals surface area contributed by atoms with Gasteiger partial charge in [0.05, 0.1) is 0 Å². The van der Waals surface area contributed by atoms with Crippen LogP contribution in [-0.4, -0.2) is 19.1 Å². The summed E-state index contributed by atoms with van der Waals surface area (Å²) in [6, 6.07) is 0.560. The monoisotopic (exact) mass is 140 g/mol. The zero-order valence-corrected chi connectivity index (χ0v) is 6.99. The predicted octanol–water partition coefficient (Wildman–Crippen LogP) is 0.862. The Morgan fingerprint density at radius 2 is 2.10 bits per heavy atom. The molecule has 0 aromatic carbocycles. The molecule has 0 saturated heterocycles. The topological polar surface area (TPSA) is 24.1 Å². The van der Waals surface area contributed by atoms with E-state index in [9.17, 15) is 0 Å². The molecule has 1 rings (SSSR count). The van der Waals surface area contributed by atoms with E-state index >= 15 is 0 Å². The van der Waals surface area contributed by atoms with Gasteiger partial charge in [0.15, 0.2) is 0 Å². The van der Waals surface area contributed by atoms with Gasteiger partial charge in [0.25, 0.3) is 0 Å². The van der Waals surface area contributed by atoms with Crippen LogP contribution in [-0.2, 0) is 0 Å². The SMILES string of the molecule is CC1=C(NC(C)C)CNC1. The van der Waals surface area contributed by atoms with Gasteiger partial charge in [0.2, 0.25) is 0 Å². The summed E-state index contributed by atoms with van der Waals surface area (Å²) < 4.78 is 0. The van der Waals surface area contributed by atoms with Crippen LogP contribution in [0, 0.1) is 0 Å². The van der Waals surface area contributed by atoms with Crippen molar-refractivity contribution in [2.75, 3.05) is 13.1 Å². The van der Waals surface area contributed by atoms with Crippen molar-refractivity contribution < 1.29 is 0 Å². The van der Waals surface area contributed by atoms with Gasteiger partial charge < -0.3 is 10.6 Å². The molecule has 0 saturated carbocycles. The van der Waals surface area contributed by atoms with Crippen LogP contribution in [0.25, 0.3) is 0 Å². The van der Waals surface area contributed by atoms with Crippen LogP contribution in [0.3, 0.4) is 0 Å². The molecule has 2 heteroatoms. The molecular weight excluding hydrogens is 124 g/mol. The van der Waals surface area contributed by atoms with Gasteiger partial charge in [0, 0.05) is 24.8 Å². The van der Waals surface area contributed by atoms with E-state index in [-0.39, 0.29) is 0 Å². The summed E-state index contributed by atoms with van der Waals surface area (Å²) in [5.41, 5.74) is 2.84. The van der Waals surface area contributed by atoms with Crippen LogP contribution in [0.2, 0.25) is 0 Å². The van der Waals surface area contributed by atoms with Crippen molar-refractivity contribution in [1.82, 2.24) is 10.6 Å². The summed E-state index contributed by atoms with van der Waals surface area (Å²) in [5.74, 6) is 0. The van der Waals surface area contributed by atoms with Crippen LogP contribution in [0.4, 0.5) is 0 Å². The fraction of sp³-hybridized carbons (Fsp3) is 0.750. The molecule has 58 valence electrons. The second kappa shape index (κ2) is 3.06. The number of hydrogen-bond donors (Lipinski definition) is 2. The van der Waals surface area contributed by atoms with Gasteiger partial charge in [-0.25, -0.2) is 0 Å². The molecule has 0 atom stereocenters. The summed E-state index contributed by atoms with van der Waals surface area (Å²) in [5, 5.41) is 6.70. The lowest BCUT2D eigenvalue weighted by Gasteiger charge is -2.10. The van der Waals surface area contributed by atoms with Crippen LogP contribution in [0.5, 0.6) is 0 Å². The maximum atomic E-state index is 3.41. The van der Waals surface area contributed by atoms with Crippen molar-refractivity contribution >= 4 is 0 Å². The van der Waals surface area contributed by atoms with Gasteiger partial charge in [0.1, 0.15) is 0 Å². The van der Waals surface area contributed by atoms with Gasteiger partial charge in [-0.15, -0.1) is 0 Å².